The van der Waals surface area contributed by atoms with E-state index in [1.807, 2.05) is 21.0 Å². The van der Waals surface area contributed by atoms with Crippen molar-refractivity contribution in [1.29, 1.82) is 0 Å². The molecule has 1 amide bonds. The van der Waals surface area contributed by atoms with Crippen LogP contribution >= 0.6 is 0 Å². The molecule has 1 aromatic rings. The van der Waals surface area contributed by atoms with Gasteiger partial charge in [0, 0.05) is 12.6 Å². The van der Waals surface area contributed by atoms with E-state index in [0.717, 1.165) is 6.54 Å². The molecule has 1 aromatic heterocycles. The Bertz CT molecular complexity index is 405. The molecule has 1 rings (SSSR count). The van der Waals surface area contributed by atoms with E-state index in [1.54, 1.807) is 6.07 Å². The number of hydrogen-bond donors (Lipinski definition) is 3. The fraction of sp³-hybridized carbons (Fsp3) is 0.455. The molecule has 0 spiro atoms. The van der Waals surface area contributed by atoms with E-state index in [2.05, 4.69) is 15.2 Å². The molecule has 1 unspecified atom stereocenters. The van der Waals surface area contributed by atoms with Gasteiger partial charge in [0.05, 0.1) is 17.4 Å². The topological polar surface area (TPSA) is 97.3 Å². The predicted molar refractivity (Wildman–Crippen MR) is 68.8 cm³/mol. The van der Waals surface area contributed by atoms with Crippen LogP contribution in [0, 0.1) is 0 Å². The third-order valence-corrected chi connectivity index (χ3v) is 2.23. The van der Waals surface area contributed by atoms with Crippen molar-refractivity contribution >= 4 is 17.4 Å². The molecule has 0 aliphatic heterocycles. The Morgan fingerprint density at radius 2 is 2.24 bits per heavy atom. The zero-order valence-corrected chi connectivity index (χ0v) is 10.4. The molecule has 6 heteroatoms. The fourth-order valence-electron chi connectivity index (χ4n) is 1.60. The number of pyridine rings is 1. The number of aromatic nitrogens is 1. The van der Waals surface area contributed by atoms with Crippen molar-refractivity contribution in [2.45, 2.75) is 13.0 Å². The fourth-order valence-corrected chi connectivity index (χ4v) is 1.60. The number of carbonyl (C=O) groups is 1. The van der Waals surface area contributed by atoms with Crippen molar-refractivity contribution in [2.24, 2.45) is 5.73 Å². The van der Waals surface area contributed by atoms with Crippen LogP contribution < -0.4 is 16.8 Å². The zero-order chi connectivity index (χ0) is 13.0. The number of rotatable bonds is 5. The molecule has 6 nitrogen and oxygen atoms in total. The van der Waals surface area contributed by atoms with Gasteiger partial charge in [-0.25, -0.2) is 4.98 Å². The van der Waals surface area contributed by atoms with Gasteiger partial charge in [-0.2, -0.15) is 0 Å². The molecule has 1 atom stereocenters. The van der Waals surface area contributed by atoms with Crippen LogP contribution in [0.15, 0.2) is 12.3 Å². The number of likely N-dealkylation sites (N-methyl/N-ethyl adjacent to an activating group) is 1. The van der Waals surface area contributed by atoms with Gasteiger partial charge in [-0.3, -0.25) is 4.79 Å². The number of hydrogen-bond acceptors (Lipinski definition) is 5. The number of primary amides is 1. The highest BCUT2D eigenvalue weighted by Crippen LogP contribution is 2.14. The van der Waals surface area contributed by atoms with Crippen LogP contribution in [0.4, 0.5) is 11.5 Å². The molecule has 0 aliphatic rings. The van der Waals surface area contributed by atoms with Crippen molar-refractivity contribution in [1.82, 2.24) is 9.88 Å². The number of amides is 1. The smallest absolute Gasteiger partial charge is 0.250 e. The number of nitrogens with one attached hydrogen (secondary N) is 1. The minimum absolute atomic E-state index is 0.210. The summed E-state index contributed by atoms with van der Waals surface area (Å²) in [5, 5.41) is 3.18. The van der Waals surface area contributed by atoms with Crippen LogP contribution in [-0.2, 0) is 0 Å². The summed E-state index contributed by atoms with van der Waals surface area (Å²) in [6.07, 6.45) is 1.44. The van der Waals surface area contributed by atoms with Crippen molar-refractivity contribution < 1.29 is 4.79 Å². The number of nitrogens with two attached hydrogens (primary N) is 2. The first-order valence-electron chi connectivity index (χ1n) is 5.36. The maximum absolute atomic E-state index is 11.1. The Hall–Kier alpha value is -1.82. The summed E-state index contributed by atoms with van der Waals surface area (Å²) in [6.45, 7) is 2.89. The summed E-state index contributed by atoms with van der Waals surface area (Å²) < 4.78 is 0. The zero-order valence-electron chi connectivity index (χ0n) is 10.4. The highest BCUT2D eigenvalue weighted by molar-refractivity contribution is 5.98. The lowest BCUT2D eigenvalue weighted by Gasteiger charge is -2.19. The number of anilines is 2. The quantitative estimate of drug-likeness (QED) is 0.676. The number of carbonyl (C=O) groups excluding carboxylic acids is 1. The second-order valence-electron chi connectivity index (χ2n) is 4.33. The first-order chi connectivity index (χ1) is 7.90. The molecule has 1 heterocycles. The van der Waals surface area contributed by atoms with E-state index < -0.39 is 5.91 Å². The first kappa shape index (κ1) is 13.2. The summed E-state index contributed by atoms with van der Waals surface area (Å²) in [5.41, 5.74) is 11.4. The van der Waals surface area contributed by atoms with Crippen molar-refractivity contribution in [3.05, 3.63) is 17.8 Å². The Morgan fingerprint density at radius 1 is 1.59 bits per heavy atom. The lowest BCUT2D eigenvalue weighted by Crippen LogP contribution is -2.30. The van der Waals surface area contributed by atoms with Gasteiger partial charge in [0.25, 0.3) is 5.91 Å². The van der Waals surface area contributed by atoms with E-state index in [1.165, 1.54) is 6.20 Å². The summed E-state index contributed by atoms with van der Waals surface area (Å²) in [6, 6.07) is 1.78. The second-order valence-corrected chi connectivity index (χ2v) is 4.33. The van der Waals surface area contributed by atoms with Crippen LogP contribution in [0.2, 0.25) is 0 Å². The van der Waals surface area contributed by atoms with Gasteiger partial charge in [0.15, 0.2) is 0 Å². The van der Waals surface area contributed by atoms with Crippen molar-refractivity contribution in [3.8, 4) is 0 Å². The van der Waals surface area contributed by atoms with E-state index >= 15 is 0 Å². The van der Waals surface area contributed by atoms with Gasteiger partial charge in [-0.05, 0) is 27.1 Å². The monoisotopic (exact) mass is 237 g/mol. The average molecular weight is 237 g/mol. The van der Waals surface area contributed by atoms with E-state index in [9.17, 15) is 4.79 Å². The van der Waals surface area contributed by atoms with E-state index in [-0.39, 0.29) is 6.04 Å². The lowest BCUT2D eigenvalue weighted by molar-refractivity contribution is 0.100. The Morgan fingerprint density at radius 3 is 2.76 bits per heavy atom. The number of nitrogens with zero attached hydrogens (tertiary/aromatic N) is 2. The third kappa shape index (κ3) is 3.92. The minimum atomic E-state index is -0.548. The molecule has 94 valence electrons. The molecule has 0 aromatic carbocycles. The second kappa shape index (κ2) is 5.49. The van der Waals surface area contributed by atoms with Crippen molar-refractivity contribution in [3.63, 3.8) is 0 Å². The van der Waals surface area contributed by atoms with Crippen LogP contribution in [0.1, 0.15) is 17.3 Å². The van der Waals surface area contributed by atoms with Crippen LogP contribution in [0.25, 0.3) is 0 Å². The third-order valence-electron chi connectivity index (χ3n) is 2.23. The number of nitrogen functional groups attached to an aromatic ring is 1. The maximum Gasteiger partial charge on any atom is 0.250 e. The Kier molecular flexibility index (Phi) is 4.28. The van der Waals surface area contributed by atoms with Crippen LogP contribution in [-0.4, -0.2) is 42.5 Å². The van der Waals surface area contributed by atoms with Gasteiger partial charge in [0.2, 0.25) is 0 Å². The molecular formula is C11H19N5O. The molecule has 17 heavy (non-hydrogen) atoms. The van der Waals surface area contributed by atoms with Gasteiger partial charge >= 0.3 is 0 Å². The molecule has 0 saturated heterocycles. The van der Waals surface area contributed by atoms with Gasteiger partial charge in [-0.1, -0.05) is 0 Å². The molecule has 0 aliphatic carbocycles. The summed E-state index contributed by atoms with van der Waals surface area (Å²) in [7, 11) is 3.98. The van der Waals surface area contributed by atoms with Crippen LogP contribution in [0.3, 0.4) is 0 Å². The van der Waals surface area contributed by atoms with Gasteiger partial charge < -0.3 is 21.7 Å². The summed E-state index contributed by atoms with van der Waals surface area (Å²) >= 11 is 0. The first-order valence-corrected chi connectivity index (χ1v) is 5.36. The van der Waals surface area contributed by atoms with Gasteiger partial charge in [0.1, 0.15) is 5.82 Å². The molecule has 0 saturated carbocycles. The van der Waals surface area contributed by atoms with Crippen LogP contribution in [0.5, 0.6) is 0 Å². The molecular weight excluding hydrogens is 218 g/mol. The summed E-state index contributed by atoms with van der Waals surface area (Å²) in [5.74, 6) is 0.0514. The predicted octanol–water partition coefficient (Wildman–Crippen LogP) is 0.125. The largest absolute Gasteiger partial charge is 0.397 e. The molecule has 0 bridgehead atoms. The maximum atomic E-state index is 11.1. The lowest BCUT2D eigenvalue weighted by atomic mass is 10.2. The average Bonchev–Trinajstić information content (AvgIpc) is 2.19. The molecule has 5 N–H and O–H groups in total. The normalized spacial score (nSPS) is 12.5. The van der Waals surface area contributed by atoms with Crippen molar-refractivity contribution in [2.75, 3.05) is 31.7 Å². The Labute approximate surface area is 101 Å². The SMILES string of the molecule is CC(CN(C)C)Nc1cc(C(N)=O)c(N)cn1. The van der Waals surface area contributed by atoms with E-state index in [4.69, 9.17) is 11.5 Å². The standard InChI is InChI=1S/C11H19N5O/c1-7(6-16(2)3)15-10-4-8(11(13)17)9(12)5-14-10/h4-5,7H,6,12H2,1-3H3,(H2,13,17)(H,14,15). The van der Waals surface area contributed by atoms with Gasteiger partial charge in [-0.15, -0.1) is 0 Å². The van der Waals surface area contributed by atoms with E-state index in [0.29, 0.717) is 17.1 Å². The summed E-state index contributed by atoms with van der Waals surface area (Å²) in [4.78, 5) is 17.3. The highest BCUT2D eigenvalue weighted by atomic mass is 16.1. The molecule has 0 radical (unpaired) electrons. The Balaban J connectivity index is 2.79. The molecule has 0 fully saturated rings. The highest BCUT2D eigenvalue weighted by Gasteiger charge is 2.09. The minimum Gasteiger partial charge on any atom is -0.397 e.